The molecule has 2 rings (SSSR count). The van der Waals surface area contributed by atoms with Crippen LogP contribution in [0.15, 0.2) is 17.1 Å². The maximum absolute atomic E-state index is 11.7. The highest BCUT2D eigenvalue weighted by Gasteiger charge is 2.10. The Morgan fingerprint density at radius 2 is 2.41 bits per heavy atom. The van der Waals surface area contributed by atoms with Crippen LogP contribution in [0.5, 0.6) is 0 Å². The number of nitrogens with one attached hydrogen (secondary N) is 1. The molecule has 6 heteroatoms. The van der Waals surface area contributed by atoms with E-state index in [1.54, 1.807) is 15.6 Å². The number of rotatable bonds is 4. The van der Waals surface area contributed by atoms with Crippen molar-refractivity contribution in [1.29, 1.82) is 0 Å². The predicted octanol–water partition coefficient (Wildman–Crippen LogP) is 1.37. The second-order valence-corrected chi connectivity index (χ2v) is 4.40. The first-order valence-electron chi connectivity index (χ1n) is 5.38. The van der Waals surface area contributed by atoms with Crippen LogP contribution in [0, 0.1) is 0 Å². The van der Waals surface area contributed by atoms with Gasteiger partial charge in [-0.3, -0.25) is 9.48 Å². The third-order valence-corrected chi connectivity index (χ3v) is 3.02. The monoisotopic (exact) mass is 250 g/mol. The predicted molar refractivity (Wildman–Crippen MR) is 65.9 cm³/mol. The van der Waals surface area contributed by atoms with E-state index in [1.807, 2.05) is 20.2 Å². The fourth-order valence-electron chi connectivity index (χ4n) is 1.62. The summed E-state index contributed by atoms with van der Waals surface area (Å²) < 4.78 is 1.77. The zero-order valence-electron chi connectivity index (χ0n) is 9.80. The molecular weight excluding hydrogens is 236 g/mol. The highest BCUT2D eigenvalue weighted by Crippen LogP contribution is 2.07. The fraction of sp³-hybridized carbons (Fsp3) is 0.364. The van der Waals surface area contributed by atoms with Crippen molar-refractivity contribution in [3.8, 4) is 0 Å². The van der Waals surface area contributed by atoms with Gasteiger partial charge >= 0.3 is 0 Å². The first-order chi connectivity index (χ1) is 8.20. The number of aromatic nitrogens is 3. The van der Waals surface area contributed by atoms with Gasteiger partial charge in [-0.05, 0) is 6.42 Å². The number of nitrogens with zero attached hydrogens (tertiary/aromatic N) is 3. The average molecular weight is 250 g/mol. The van der Waals surface area contributed by atoms with Gasteiger partial charge in [-0.15, -0.1) is 11.3 Å². The Bertz CT molecular complexity index is 504. The first-order valence-corrected chi connectivity index (χ1v) is 6.32. The van der Waals surface area contributed by atoms with E-state index in [0.29, 0.717) is 12.2 Å². The van der Waals surface area contributed by atoms with E-state index in [2.05, 4.69) is 15.4 Å². The molecule has 0 saturated heterocycles. The van der Waals surface area contributed by atoms with Crippen LogP contribution in [0.25, 0.3) is 0 Å². The zero-order valence-corrected chi connectivity index (χ0v) is 10.6. The molecule has 0 fully saturated rings. The van der Waals surface area contributed by atoms with Crippen LogP contribution in [0.3, 0.4) is 0 Å². The number of hydrogen-bond donors (Lipinski definition) is 1. The molecule has 1 amide bonds. The molecule has 17 heavy (non-hydrogen) atoms. The molecule has 0 aliphatic heterocycles. The molecule has 90 valence electrons. The lowest BCUT2D eigenvalue weighted by atomic mass is 10.2. The van der Waals surface area contributed by atoms with Gasteiger partial charge < -0.3 is 5.32 Å². The summed E-state index contributed by atoms with van der Waals surface area (Å²) in [6.45, 7) is 2.54. The quantitative estimate of drug-likeness (QED) is 0.891. The number of hydrogen-bond acceptors (Lipinski definition) is 4. The van der Waals surface area contributed by atoms with E-state index in [1.165, 1.54) is 11.3 Å². The molecule has 0 atom stereocenters. The Balaban J connectivity index is 2.00. The number of thiazole rings is 1. The van der Waals surface area contributed by atoms with E-state index in [0.717, 1.165) is 17.7 Å². The SMILES string of the molecule is CCc1nn(C)cc1CNC(=O)c1cscn1. The molecule has 0 radical (unpaired) electrons. The van der Waals surface area contributed by atoms with Crippen molar-refractivity contribution in [2.45, 2.75) is 19.9 Å². The molecule has 0 spiro atoms. The Morgan fingerprint density at radius 3 is 3.06 bits per heavy atom. The van der Waals surface area contributed by atoms with Crippen molar-refractivity contribution < 1.29 is 4.79 Å². The van der Waals surface area contributed by atoms with Gasteiger partial charge in [-0.1, -0.05) is 6.92 Å². The topological polar surface area (TPSA) is 59.8 Å². The standard InChI is InChI=1S/C11H14N4OS/c1-3-9-8(5-15(2)14-9)4-12-11(16)10-6-17-7-13-10/h5-7H,3-4H2,1-2H3,(H,12,16). The lowest BCUT2D eigenvalue weighted by molar-refractivity contribution is 0.0946. The lowest BCUT2D eigenvalue weighted by Crippen LogP contribution is -2.23. The molecule has 0 aliphatic carbocycles. The summed E-state index contributed by atoms with van der Waals surface area (Å²) >= 11 is 1.41. The molecule has 2 aromatic heterocycles. The molecule has 0 unspecified atom stereocenters. The minimum atomic E-state index is -0.142. The van der Waals surface area contributed by atoms with Crippen molar-refractivity contribution in [1.82, 2.24) is 20.1 Å². The van der Waals surface area contributed by atoms with Crippen LogP contribution in [0.1, 0.15) is 28.7 Å². The third kappa shape index (κ3) is 2.71. The highest BCUT2D eigenvalue weighted by molar-refractivity contribution is 7.07. The fourth-order valence-corrected chi connectivity index (χ4v) is 2.15. The minimum Gasteiger partial charge on any atom is -0.346 e. The van der Waals surface area contributed by atoms with Crippen molar-refractivity contribution in [3.63, 3.8) is 0 Å². The zero-order chi connectivity index (χ0) is 12.3. The minimum absolute atomic E-state index is 0.142. The molecule has 2 aromatic rings. The molecule has 1 N–H and O–H groups in total. The van der Waals surface area contributed by atoms with Crippen molar-refractivity contribution in [2.24, 2.45) is 7.05 Å². The van der Waals surface area contributed by atoms with Crippen LogP contribution in [0.4, 0.5) is 0 Å². The summed E-state index contributed by atoms with van der Waals surface area (Å²) in [5, 5.41) is 8.90. The van der Waals surface area contributed by atoms with Crippen LogP contribution in [-0.4, -0.2) is 20.7 Å². The largest absolute Gasteiger partial charge is 0.346 e. The molecule has 0 saturated carbocycles. The smallest absolute Gasteiger partial charge is 0.271 e. The van der Waals surface area contributed by atoms with E-state index >= 15 is 0 Å². The normalized spacial score (nSPS) is 10.5. The van der Waals surface area contributed by atoms with Gasteiger partial charge in [0.1, 0.15) is 5.69 Å². The highest BCUT2D eigenvalue weighted by atomic mass is 32.1. The second kappa shape index (κ2) is 5.09. The molecule has 0 bridgehead atoms. The lowest BCUT2D eigenvalue weighted by Gasteiger charge is -2.02. The van der Waals surface area contributed by atoms with Crippen LogP contribution in [-0.2, 0) is 20.0 Å². The van der Waals surface area contributed by atoms with E-state index in [-0.39, 0.29) is 5.91 Å². The summed E-state index contributed by atoms with van der Waals surface area (Å²) in [6, 6.07) is 0. The number of carbonyl (C=O) groups excluding carboxylic acids is 1. The molecule has 0 aliphatic rings. The van der Waals surface area contributed by atoms with Gasteiger partial charge in [0.25, 0.3) is 5.91 Å². The third-order valence-electron chi connectivity index (χ3n) is 2.43. The summed E-state index contributed by atoms with van der Waals surface area (Å²) in [4.78, 5) is 15.7. The van der Waals surface area contributed by atoms with Gasteiger partial charge in [-0.25, -0.2) is 4.98 Å². The van der Waals surface area contributed by atoms with Crippen molar-refractivity contribution >= 4 is 17.2 Å². The maximum atomic E-state index is 11.7. The van der Waals surface area contributed by atoms with Crippen molar-refractivity contribution in [2.75, 3.05) is 0 Å². The number of amides is 1. The average Bonchev–Trinajstić information content (AvgIpc) is 2.94. The maximum Gasteiger partial charge on any atom is 0.271 e. The van der Waals surface area contributed by atoms with Gasteiger partial charge in [-0.2, -0.15) is 5.10 Å². The van der Waals surface area contributed by atoms with Crippen LogP contribution < -0.4 is 5.32 Å². The van der Waals surface area contributed by atoms with Gasteiger partial charge in [0.05, 0.1) is 11.2 Å². The Kier molecular flexibility index (Phi) is 3.53. The summed E-state index contributed by atoms with van der Waals surface area (Å²) in [5.41, 5.74) is 4.19. The van der Waals surface area contributed by atoms with Crippen LogP contribution in [0.2, 0.25) is 0 Å². The number of carbonyl (C=O) groups is 1. The number of aryl methyl sites for hydroxylation is 2. The van der Waals surface area contributed by atoms with Crippen molar-refractivity contribution in [3.05, 3.63) is 34.0 Å². The van der Waals surface area contributed by atoms with E-state index in [4.69, 9.17) is 0 Å². The van der Waals surface area contributed by atoms with Gasteiger partial charge in [0.15, 0.2) is 0 Å². The Hall–Kier alpha value is -1.69. The molecule has 2 heterocycles. The first kappa shape index (κ1) is 11.8. The van der Waals surface area contributed by atoms with Gasteiger partial charge in [0.2, 0.25) is 0 Å². The summed E-state index contributed by atoms with van der Waals surface area (Å²) in [6.07, 6.45) is 2.79. The van der Waals surface area contributed by atoms with E-state index in [9.17, 15) is 4.79 Å². The summed E-state index contributed by atoms with van der Waals surface area (Å²) in [5.74, 6) is -0.142. The molecular formula is C11H14N4OS. The van der Waals surface area contributed by atoms with Crippen LogP contribution >= 0.6 is 11.3 Å². The second-order valence-electron chi connectivity index (χ2n) is 3.68. The molecule has 0 aromatic carbocycles. The van der Waals surface area contributed by atoms with E-state index < -0.39 is 0 Å². The van der Waals surface area contributed by atoms with Gasteiger partial charge in [0, 0.05) is 30.7 Å². The Labute approximate surface area is 103 Å². The summed E-state index contributed by atoms with van der Waals surface area (Å²) in [7, 11) is 1.88. The molecule has 5 nitrogen and oxygen atoms in total. The Morgan fingerprint density at radius 1 is 1.59 bits per heavy atom.